The van der Waals surface area contributed by atoms with Crippen molar-refractivity contribution in [2.45, 2.75) is 60.0 Å². The van der Waals surface area contributed by atoms with Crippen LogP contribution in [0.4, 0.5) is 4.79 Å². The number of carbonyl (C=O) groups is 2. The Morgan fingerprint density at radius 2 is 1.60 bits per heavy atom. The van der Waals surface area contributed by atoms with Gasteiger partial charge in [-0.3, -0.25) is 4.79 Å². The minimum Gasteiger partial charge on any atom is -0.450 e. The normalized spacial score (nSPS) is 13.4. The predicted octanol–water partition coefficient (Wildman–Crippen LogP) is 3.83. The molecule has 2 atom stereocenters. The van der Waals surface area contributed by atoms with Crippen LogP contribution in [0.1, 0.15) is 58.7 Å². The lowest BCUT2D eigenvalue weighted by Gasteiger charge is -2.24. The Morgan fingerprint density at radius 3 is 2.08 bits per heavy atom. The lowest BCUT2D eigenvalue weighted by atomic mass is 9.99. The lowest BCUT2D eigenvalue weighted by Crippen LogP contribution is -2.50. The van der Waals surface area contributed by atoms with E-state index >= 15 is 0 Å². The summed E-state index contributed by atoms with van der Waals surface area (Å²) < 4.78 is 4.88. The summed E-state index contributed by atoms with van der Waals surface area (Å²) in [5.41, 5.74) is 2.33. The molecular weight excluding hydrogens is 316 g/mol. The Balaban J connectivity index is 2.70. The van der Waals surface area contributed by atoms with Crippen molar-refractivity contribution >= 4 is 12.0 Å². The maximum atomic E-state index is 12.5. The van der Waals surface area contributed by atoms with Gasteiger partial charge in [0.1, 0.15) is 6.04 Å². The van der Waals surface area contributed by atoms with Crippen LogP contribution in [0.15, 0.2) is 24.3 Å². The molecule has 0 saturated heterocycles. The fraction of sp³-hybridized carbons (Fsp3) is 0.600. The number of hydrogen-bond acceptors (Lipinski definition) is 3. The first kappa shape index (κ1) is 21.0. The van der Waals surface area contributed by atoms with Crippen LogP contribution in [0.2, 0.25) is 0 Å². The molecule has 0 heterocycles. The predicted molar refractivity (Wildman–Crippen MR) is 100 cm³/mol. The second-order valence-electron chi connectivity index (χ2n) is 7.16. The summed E-state index contributed by atoms with van der Waals surface area (Å²) in [6.45, 7) is 12.1. The van der Waals surface area contributed by atoms with Gasteiger partial charge in [0.05, 0.1) is 12.6 Å². The van der Waals surface area contributed by atoms with Crippen molar-refractivity contribution in [2.24, 2.45) is 11.8 Å². The van der Waals surface area contributed by atoms with Crippen LogP contribution in [0.3, 0.4) is 0 Å². The van der Waals surface area contributed by atoms with Crippen LogP contribution in [0, 0.1) is 11.8 Å². The lowest BCUT2D eigenvalue weighted by molar-refractivity contribution is -0.124. The maximum absolute atomic E-state index is 12.5. The molecule has 140 valence electrons. The van der Waals surface area contributed by atoms with E-state index in [1.54, 1.807) is 6.92 Å². The van der Waals surface area contributed by atoms with Crippen molar-refractivity contribution in [3.8, 4) is 0 Å². The highest BCUT2D eigenvalue weighted by atomic mass is 16.5. The standard InChI is InChI=1S/C20H32N2O3/c1-7-25-20(24)22-18(14(4)5)19(23)21-15(6)17-10-8-16(9-11-17)12-13(2)3/h8-11,13-15,18H,7,12H2,1-6H3,(H,21,23)(H,22,24). The third-order valence-electron chi connectivity index (χ3n) is 3.98. The number of hydrogen-bond donors (Lipinski definition) is 2. The first-order chi connectivity index (χ1) is 11.7. The third-order valence-corrected chi connectivity index (χ3v) is 3.98. The second-order valence-corrected chi connectivity index (χ2v) is 7.16. The van der Waals surface area contributed by atoms with Gasteiger partial charge in [0.15, 0.2) is 0 Å². The quantitative estimate of drug-likeness (QED) is 0.750. The van der Waals surface area contributed by atoms with Gasteiger partial charge >= 0.3 is 6.09 Å². The van der Waals surface area contributed by atoms with E-state index in [1.807, 2.05) is 32.9 Å². The largest absolute Gasteiger partial charge is 0.450 e. The van der Waals surface area contributed by atoms with Crippen molar-refractivity contribution in [1.82, 2.24) is 10.6 Å². The van der Waals surface area contributed by atoms with Gasteiger partial charge in [0, 0.05) is 0 Å². The van der Waals surface area contributed by atoms with E-state index in [0.717, 1.165) is 12.0 Å². The zero-order valence-corrected chi connectivity index (χ0v) is 16.3. The summed E-state index contributed by atoms with van der Waals surface area (Å²) in [6, 6.07) is 7.55. The van der Waals surface area contributed by atoms with Crippen LogP contribution in [-0.2, 0) is 16.0 Å². The van der Waals surface area contributed by atoms with Gasteiger partial charge in [-0.15, -0.1) is 0 Å². The molecule has 2 unspecified atom stereocenters. The topological polar surface area (TPSA) is 67.4 Å². The summed E-state index contributed by atoms with van der Waals surface area (Å²) in [5.74, 6) is 0.371. The molecule has 1 aromatic carbocycles. The van der Waals surface area contributed by atoms with Crippen LogP contribution < -0.4 is 10.6 Å². The molecule has 5 nitrogen and oxygen atoms in total. The van der Waals surface area contributed by atoms with Crippen LogP contribution in [-0.4, -0.2) is 24.6 Å². The Hall–Kier alpha value is -2.04. The van der Waals surface area contributed by atoms with Crippen LogP contribution in [0.5, 0.6) is 0 Å². The van der Waals surface area contributed by atoms with E-state index in [-0.39, 0.29) is 24.5 Å². The smallest absolute Gasteiger partial charge is 0.407 e. The molecule has 0 bridgehead atoms. The Labute approximate surface area is 151 Å². The SMILES string of the molecule is CCOC(=O)NC(C(=O)NC(C)c1ccc(CC(C)C)cc1)C(C)C. The van der Waals surface area contributed by atoms with Crippen molar-refractivity contribution in [1.29, 1.82) is 0 Å². The first-order valence-corrected chi connectivity index (χ1v) is 9.07. The monoisotopic (exact) mass is 348 g/mol. The van der Waals surface area contributed by atoms with Crippen molar-refractivity contribution in [3.63, 3.8) is 0 Å². The van der Waals surface area contributed by atoms with Gasteiger partial charge in [-0.05, 0) is 43.2 Å². The number of carbonyl (C=O) groups excluding carboxylic acids is 2. The molecule has 25 heavy (non-hydrogen) atoms. The highest BCUT2D eigenvalue weighted by Gasteiger charge is 2.26. The highest BCUT2D eigenvalue weighted by Crippen LogP contribution is 2.16. The molecule has 2 amide bonds. The number of benzene rings is 1. The molecule has 1 aromatic rings. The molecule has 5 heteroatoms. The average molecular weight is 348 g/mol. The fourth-order valence-electron chi connectivity index (χ4n) is 2.63. The Kier molecular flexibility index (Phi) is 8.46. The van der Waals surface area contributed by atoms with E-state index in [4.69, 9.17) is 4.74 Å². The van der Waals surface area contributed by atoms with Gasteiger partial charge in [-0.1, -0.05) is 52.0 Å². The van der Waals surface area contributed by atoms with E-state index in [9.17, 15) is 9.59 Å². The fourth-order valence-corrected chi connectivity index (χ4v) is 2.63. The van der Waals surface area contributed by atoms with Crippen LogP contribution in [0.25, 0.3) is 0 Å². The summed E-state index contributed by atoms with van der Waals surface area (Å²) >= 11 is 0. The van der Waals surface area contributed by atoms with E-state index in [1.165, 1.54) is 5.56 Å². The zero-order valence-electron chi connectivity index (χ0n) is 16.3. The molecule has 0 spiro atoms. The number of rotatable bonds is 8. The Morgan fingerprint density at radius 1 is 1.00 bits per heavy atom. The third kappa shape index (κ3) is 7.16. The summed E-state index contributed by atoms with van der Waals surface area (Å²) in [5, 5.41) is 5.61. The number of ether oxygens (including phenoxy) is 1. The summed E-state index contributed by atoms with van der Waals surface area (Å²) in [6.07, 6.45) is 0.474. The molecule has 1 rings (SSSR count). The molecule has 0 aliphatic carbocycles. The van der Waals surface area contributed by atoms with Crippen molar-refractivity contribution in [2.75, 3.05) is 6.61 Å². The average Bonchev–Trinajstić information content (AvgIpc) is 2.52. The molecule has 0 saturated carbocycles. The zero-order chi connectivity index (χ0) is 19.0. The van der Waals surface area contributed by atoms with E-state index < -0.39 is 12.1 Å². The van der Waals surface area contributed by atoms with Gasteiger partial charge in [-0.25, -0.2) is 4.79 Å². The molecule has 0 aromatic heterocycles. The molecular formula is C20H32N2O3. The van der Waals surface area contributed by atoms with Gasteiger partial charge in [0.2, 0.25) is 5.91 Å². The minimum atomic E-state index is -0.623. The molecule has 0 fully saturated rings. The number of nitrogens with one attached hydrogen (secondary N) is 2. The Bertz CT molecular complexity index is 553. The molecule has 0 radical (unpaired) electrons. The van der Waals surface area contributed by atoms with E-state index in [2.05, 4.69) is 36.6 Å². The van der Waals surface area contributed by atoms with Crippen molar-refractivity contribution in [3.05, 3.63) is 35.4 Å². The van der Waals surface area contributed by atoms with Crippen molar-refractivity contribution < 1.29 is 14.3 Å². The highest BCUT2D eigenvalue weighted by molar-refractivity contribution is 5.86. The minimum absolute atomic E-state index is 0.0370. The summed E-state index contributed by atoms with van der Waals surface area (Å²) in [7, 11) is 0. The molecule has 0 aliphatic rings. The maximum Gasteiger partial charge on any atom is 0.407 e. The number of alkyl carbamates (subject to hydrolysis) is 1. The first-order valence-electron chi connectivity index (χ1n) is 9.07. The van der Waals surface area contributed by atoms with Gasteiger partial charge in [-0.2, -0.15) is 0 Å². The van der Waals surface area contributed by atoms with Gasteiger partial charge < -0.3 is 15.4 Å². The van der Waals surface area contributed by atoms with Gasteiger partial charge in [0.25, 0.3) is 0 Å². The number of amides is 2. The van der Waals surface area contributed by atoms with Crippen LogP contribution >= 0.6 is 0 Å². The molecule has 2 N–H and O–H groups in total. The second kappa shape index (κ2) is 10.1. The van der Waals surface area contributed by atoms with E-state index in [0.29, 0.717) is 5.92 Å². The molecule has 0 aliphatic heterocycles. The summed E-state index contributed by atoms with van der Waals surface area (Å²) in [4.78, 5) is 24.2.